The largest absolute Gasteiger partial charge is 0.374 e. The molecule has 228 valence electrons. The summed E-state index contributed by atoms with van der Waals surface area (Å²) in [6.07, 6.45) is 9.52. The van der Waals surface area contributed by atoms with E-state index in [0.717, 1.165) is 95.6 Å². The molecule has 4 aliphatic heterocycles. The molecule has 4 amide bonds. The first-order chi connectivity index (χ1) is 20.4. The number of hydrogen-bond acceptors (Lipinski definition) is 7. The Morgan fingerprint density at radius 2 is 1.76 bits per heavy atom. The van der Waals surface area contributed by atoms with Gasteiger partial charge in [-0.05, 0) is 75.0 Å². The van der Waals surface area contributed by atoms with Crippen molar-refractivity contribution in [2.75, 3.05) is 44.6 Å². The van der Waals surface area contributed by atoms with Gasteiger partial charge in [-0.15, -0.1) is 0 Å². The van der Waals surface area contributed by atoms with Crippen molar-refractivity contribution in [3.63, 3.8) is 0 Å². The van der Waals surface area contributed by atoms with E-state index in [4.69, 9.17) is 10.7 Å². The predicted molar refractivity (Wildman–Crippen MR) is 164 cm³/mol. The standard InChI is InChI=1S/C31H46N8O3/c1-2-24-19-27(39-16-6-7-26(20-39)35-31(42)38-14-4-3-5-15-38)36-30(28(33-24)29(32)41)34-25-10-8-22(9-11-25)23-12-17-37(21-40)18-13-23/h8-11,21,23-24,26,33-34H,2-7,12-20H2,1H3,(H2,32,41)(H,35,42)/t24?,26-/m1/s1. The van der Waals surface area contributed by atoms with E-state index in [2.05, 4.69) is 39.9 Å². The summed E-state index contributed by atoms with van der Waals surface area (Å²) < 4.78 is 0. The van der Waals surface area contributed by atoms with Crippen molar-refractivity contribution >= 4 is 29.9 Å². The summed E-state index contributed by atoms with van der Waals surface area (Å²) in [7, 11) is 0. The number of anilines is 1. The van der Waals surface area contributed by atoms with Gasteiger partial charge in [0.05, 0.1) is 0 Å². The highest BCUT2D eigenvalue weighted by Gasteiger charge is 2.30. The van der Waals surface area contributed by atoms with Crippen LogP contribution in [0, 0.1) is 0 Å². The number of primary amides is 1. The van der Waals surface area contributed by atoms with Crippen molar-refractivity contribution in [3.8, 4) is 0 Å². The third-order valence-corrected chi connectivity index (χ3v) is 9.08. The number of urea groups is 1. The second-order valence-corrected chi connectivity index (χ2v) is 12.0. The lowest BCUT2D eigenvalue weighted by Gasteiger charge is -2.37. The Balaban J connectivity index is 1.31. The fourth-order valence-electron chi connectivity index (χ4n) is 6.50. The van der Waals surface area contributed by atoms with Gasteiger partial charge in [-0.2, -0.15) is 0 Å². The molecule has 3 saturated heterocycles. The molecule has 0 spiro atoms. The Bertz CT molecular complexity index is 1170. The molecule has 0 aliphatic carbocycles. The maximum absolute atomic E-state index is 12.9. The summed E-state index contributed by atoms with van der Waals surface area (Å²) >= 11 is 0. The van der Waals surface area contributed by atoms with Gasteiger partial charge in [0.1, 0.15) is 11.5 Å². The Morgan fingerprint density at radius 1 is 1.02 bits per heavy atom. The Morgan fingerprint density at radius 3 is 2.43 bits per heavy atom. The minimum atomic E-state index is -0.551. The molecule has 0 aromatic heterocycles. The van der Waals surface area contributed by atoms with Gasteiger partial charge >= 0.3 is 6.03 Å². The minimum absolute atomic E-state index is 0.00785. The number of carbonyl (C=O) groups excluding carboxylic acids is 3. The number of nitrogens with one attached hydrogen (secondary N) is 3. The van der Waals surface area contributed by atoms with Crippen LogP contribution in [0.25, 0.3) is 0 Å². The third kappa shape index (κ3) is 7.35. The van der Waals surface area contributed by atoms with Crippen molar-refractivity contribution in [3.05, 3.63) is 41.3 Å². The summed E-state index contributed by atoms with van der Waals surface area (Å²) in [4.78, 5) is 47.6. The Labute approximate surface area is 248 Å². The van der Waals surface area contributed by atoms with Crippen LogP contribution < -0.4 is 21.7 Å². The topological polar surface area (TPSA) is 135 Å². The van der Waals surface area contributed by atoms with Crippen molar-refractivity contribution < 1.29 is 14.4 Å². The van der Waals surface area contributed by atoms with Crippen LogP contribution in [0.4, 0.5) is 10.5 Å². The molecule has 2 atom stereocenters. The number of benzene rings is 1. The average molecular weight is 579 g/mol. The molecule has 3 fully saturated rings. The molecule has 0 saturated carbocycles. The number of hydrogen-bond donors (Lipinski definition) is 4. The van der Waals surface area contributed by atoms with Gasteiger partial charge in [0.25, 0.3) is 5.91 Å². The quantitative estimate of drug-likeness (QED) is 0.368. The van der Waals surface area contributed by atoms with Gasteiger partial charge in [0.15, 0.2) is 5.82 Å². The molecular weight excluding hydrogens is 532 g/mol. The normalized spacial score (nSPS) is 23.9. The molecule has 5 rings (SSSR count). The molecule has 1 unspecified atom stereocenters. The van der Waals surface area contributed by atoms with E-state index in [0.29, 0.717) is 24.7 Å². The second kappa shape index (κ2) is 13.9. The van der Waals surface area contributed by atoms with Gasteiger partial charge in [-0.1, -0.05) is 19.1 Å². The van der Waals surface area contributed by atoms with E-state index in [1.807, 2.05) is 21.9 Å². The molecule has 5 N–H and O–H groups in total. The molecule has 42 heavy (non-hydrogen) atoms. The number of aliphatic imine (C=N–C) groups is 1. The average Bonchev–Trinajstić information content (AvgIpc) is 3.22. The number of rotatable bonds is 7. The number of nitrogens with zero attached hydrogens (tertiary/aromatic N) is 4. The van der Waals surface area contributed by atoms with E-state index in [1.54, 1.807) is 0 Å². The maximum atomic E-state index is 12.9. The summed E-state index contributed by atoms with van der Waals surface area (Å²) in [5.41, 5.74) is 8.20. The lowest BCUT2D eigenvalue weighted by molar-refractivity contribution is -0.119. The number of amidine groups is 1. The van der Waals surface area contributed by atoms with Gasteiger partial charge in [0.2, 0.25) is 6.41 Å². The SMILES string of the molecule is CCC1CC(N2CCC[C@@H](NC(=O)N3CCCCC3)C2)=NC(Nc2ccc(C3CCN(C=O)CC3)cc2)=C(C(N)=O)N1. The summed E-state index contributed by atoms with van der Waals surface area (Å²) in [5, 5.41) is 9.99. The Hall–Kier alpha value is -3.76. The fraction of sp³-hybridized carbons (Fsp3) is 0.613. The fourth-order valence-corrected chi connectivity index (χ4v) is 6.50. The van der Waals surface area contributed by atoms with Gasteiger partial charge in [-0.25, -0.2) is 9.79 Å². The second-order valence-electron chi connectivity index (χ2n) is 12.0. The van der Waals surface area contributed by atoms with Gasteiger partial charge in [-0.3, -0.25) is 9.59 Å². The highest BCUT2D eigenvalue weighted by Crippen LogP contribution is 2.29. The molecule has 11 heteroatoms. The zero-order valence-electron chi connectivity index (χ0n) is 24.8. The van der Waals surface area contributed by atoms with Crippen molar-refractivity contribution in [1.82, 2.24) is 25.3 Å². The van der Waals surface area contributed by atoms with Crippen LogP contribution >= 0.6 is 0 Å². The molecular formula is C31H46N8O3. The first kappa shape index (κ1) is 29.7. The molecule has 4 heterocycles. The zero-order chi connectivity index (χ0) is 29.5. The minimum Gasteiger partial charge on any atom is -0.374 e. The number of amides is 4. The first-order valence-corrected chi connectivity index (χ1v) is 15.7. The maximum Gasteiger partial charge on any atom is 0.317 e. The summed E-state index contributed by atoms with van der Waals surface area (Å²) in [6.45, 7) is 6.84. The van der Waals surface area contributed by atoms with Gasteiger partial charge in [0, 0.05) is 63.5 Å². The van der Waals surface area contributed by atoms with Crippen LogP contribution in [-0.2, 0) is 9.59 Å². The van der Waals surface area contributed by atoms with Crippen LogP contribution in [-0.4, -0.2) is 90.2 Å². The summed E-state index contributed by atoms with van der Waals surface area (Å²) in [5.74, 6) is 1.18. The van der Waals surface area contributed by atoms with Crippen LogP contribution in [0.5, 0.6) is 0 Å². The zero-order valence-corrected chi connectivity index (χ0v) is 24.8. The van der Waals surface area contributed by atoms with E-state index in [1.165, 1.54) is 12.0 Å². The van der Waals surface area contributed by atoms with Crippen LogP contribution in [0.1, 0.15) is 76.2 Å². The molecule has 1 aromatic carbocycles. The smallest absolute Gasteiger partial charge is 0.317 e. The molecule has 0 bridgehead atoms. The molecule has 1 aromatic rings. The highest BCUT2D eigenvalue weighted by molar-refractivity contribution is 5.95. The van der Waals surface area contributed by atoms with Crippen molar-refractivity contribution in [2.24, 2.45) is 10.7 Å². The third-order valence-electron chi connectivity index (χ3n) is 9.08. The van der Waals surface area contributed by atoms with Crippen LogP contribution in [0.15, 0.2) is 40.8 Å². The molecule has 4 aliphatic rings. The Kier molecular flexibility index (Phi) is 9.86. The number of piperidine rings is 3. The van der Waals surface area contributed by atoms with Crippen molar-refractivity contribution in [2.45, 2.75) is 82.7 Å². The van der Waals surface area contributed by atoms with E-state index < -0.39 is 5.91 Å². The lowest BCUT2D eigenvalue weighted by Crippen LogP contribution is -2.53. The van der Waals surface area contributed by atoms with Crippen LogP contribution in [0.2, 0.25) is 0 Å². The predicted octanol–water partition coefficient (Wildman–Crippen LogP) is 2.92. The van der Waals surface area contributed by atoms with Gasteiger partial charge < -0.3 is 36.4 Å². The van der Waals surface area contributed by atoms with E-state index in [9.17, 15) is 14.4 Å². The van der Waals surface area contributed by atoms with E-state index >= 15 is 0 Å². The molecule has 11 nitrogen and oxygen atoms in total. The van der Waals surface area contributed by atoms with E-state index in [-0.39, 0.29) is 23.8 Å². The van der Waals surface area contributed by atoms with Crippen LogP contribution in [0.3, 0.4) is 0 Å². The number of nitrogens with two attached hydrogens (primary N) is 1. The first-order valence-electron chi connectivity index (χ1n) is 15.7. The molecule has 0 radical (unpaired) electrons. The highest BCUT2D eigenvalue weighted by atomic mass is 16.2. The number of carbonyl (C=O) groups is 3. The number of likely N-dealkylation sites (tertiary alicyclic amines) is 3. The monoisotopic (exact) mass is 578 g/mol. The summed E-state index contributed by atoms with van der Waals surface area (Å²) in [6, 6.07) is 8.33. The lowest BCUT2D eigenvalue weighted by atomic mass is 9.89. The van der Waals surface area contributed by atoms with Crippen molar-refractivity contribution in [1.29, 1.82) is 0 Å².